The minimum Gasteiger partial charge on any atom is -0.381 e. The number of aliphatic hydroxyl groups is 1. The molecule has 8 atom stereocenters. The number of Topliss-reactive ketones (excluding diaryl/α,β-unsaturated/α-hetero) is 1. The molecule has 0 bridgehead atoms. The second-order valence-corrected chi connectivity index (χ2v) is 10.5. The van der Waals surface area contributed by atoms with Crippen LogP contribution in [0.15, 0.2) is 36.0 Å². The van der Waals surface area contributed by atoms with Gasteiger partial charge in [0.1, 0.15) is 5.60 Å². The van der Waals surface area contributed by atoms with E-state index in [2.05, 4.69) is 6.08 Å². The van der Waals surface area contributed by atoms with Gasteiger partial charge in [0.05, 0.1) is 10.3 Å². The average Bonchev–Trinajstić information content (AvgIpc) is 2.79. The van der Waals surface area contributed by atoms with Gasteiger partial charge >= 0.3 is 0 Å². The molecule has 4 aliphatic carbocycles. The first-order chi connectivity index (χ1) is 12.4. The molecule has 2 fully saturated rings. The minimum atomic E-state index is -1.40. The third kappa shape index (κ3) is 2.04. The molecule has 2 saturated carbocycles. The van der Waals surface area contributed by atoms with Crippen LogP contribution in [-0.2, 0) is 9.59 Å². The van der Waals surface area contributed by atoms with Crippen LogP contribution in [0.4, 0.5) is 0 Å². The monoisotopic (exact) mass is 408 g/mol. The summed E-state index contributed by atoms with van der Waals surface area (Å²) in [5, 5.41) is 11.0. The van der Waals surface area contributed by atoms with Gasteiger partial charge in [-0.15, -0.1) is 23.2 Å². The lowest BCUT2D eigenvalue weighted by Crippen LogP contribution is -2.66. The molecule has 0 saturated heterocycles. The molecule has 0 heterocycles. The number of hydrogen-bond acceptors (Lipinski definition) is 3. The molecule has 0 amide bonds. The highest BCUT2D eigenvalue weighted by atomic mass is 35.5. The van der Waals surface area contributed by atoms with Gasteiger partial charge < -0.3 is 5.11 Å². The fraction of sp³-hybridized carbons (Fsp3) is 0.636. The number of allylic oxidation sites excluding steroid dienone is 6. The highest BCUT2D eigenvalue weighted by Gasteiger charge is 2.73. The molecule has 146 valence electrons. The summed E-state index contributed by atoms with van der Waals surface area (Å²) in [4.78, 5) is 23.6. The number of fused-ring (bicyclic) bond motifs is 5. The van der Waals surface area contributed by atoms with Gasteiger partial charge in [-0.3, -0.25) is 9.59 Å². The Hall–Kier alpha value is -0.900. The maximum Gasteiger partial charge on any atom is 0.178 e. The Kier molecular flexibility index (Phi) is 4.02. The molecule has 5 heteroatoms. The van der Waals surface area contributed by atoms with Gasteiger partial charge in [0.2, 0.25) is 0 Å². The number of hydrogen-bond donors (Lipinski definition) is 1. The quantitative estimate of drug-likeness (QED) is 0.660. The van der Waals surface area contributed by atoms with Gasteiger partial charge in [0.15, 0.2) is 11.6 Å². The van der Waals surface area contributed by atoms with E-state index >= 15 is 0 Å². The van der Waals surface area contributed by atoms with Crippen LogP contribution in [0.2, 0.25) is 0 Å². The second-order valence-electron chi connectivity index (χ2n) is 9.35. The van der Waals surface area contributed by atoms with Crippen molar-refractivity contribution in [2.24, 2.45) is 28.6 Å². The van der Waals surface area contributed by atoms with Crippen LogP contribution >= 0.6 is 23.2 Å². The Morgan fingerprint density at radius 1 is 1.30 bits per heavy atom. The molecule has 0 spiro atoms. The van der Waals surface area contributed by atoms with Crippen LogP contribution in [0.5, 0.6) is 0 Å². The molecule has 3 nitrogen and oxygen atoms in total. The SMILES string of the molecule is CC(=O)[C@@]1(O)[C@H](C)C[C@H]2[C@@H]3C=CC4=CC(=O)C=C[C@]4(C)[C@@]3(Cl)[C@@H](Cl)C[C@@]21C. The molecule has 0 aromatic carbocycles. The maximum absolute atomic E-state index is 12.5. The first-order valence-corrected chi connectivity index (χ1v) is 10.4. The lowest BCUT2D eigenvalue weighted by Gasteiger charge is -2.62. The molecule has 0 radical (unpaired) electrons. The maximum atomic E-state index is 12.5. The van der Waals surface area contributed by atoms with Crippen LogP contribution in [0.3, 0.4) is 0 Å². The predicted molar refractivity (Wildman–Crippen MR) is 107 cm³/mol. The fourth-order valence-electron chi connectivity index (χ4n) is 6.70. The Bertz CT molecular complexity index is 829. The van der Waals surface area contributed by atoms with Gasteiger partial charge in [-0.2, -0.15) is 0 Å². The predicted octanol–water partition coefficient (Wildman–Crippen LogP) is 4.22. The standard InChI is InChI=1S/C22H26Cl2O3/c1-12-9-17-16-6-5-14-10-15(26)7-8-19(14,3)21(16,24)18(23)11-20(17,4)22(12,27)13(2)25/h5-8,10,12,16-18,27H,9,11H2,1-4H3/t12-,16+,17+,18+,19+,20+,21+,22+/m1/s1. The van der Waals surface area contributed by atoms with Crippen molar-refractivity contribution < 1.29 is 14.7 Å². The zero-order chi connectivity index (χ0) is 20.0. The van der Waals surface area contributed by atoms with E-state index in [9.17, 15) is 14.7 Å². The first-order valence-electron chi connectivity index (χ1n) is 9.63. The van der Waals surface area contributed by atoms with Crippen molar-refractivity contribution in [2.75, 3.05) is 0 Å². The van der Waals surface area contributed by atoms with Gasteiger partial charge in [-0.25, -0.2) is 0 Å². The number of carbonyl (C=O) groups is 2. The van der Waals surface area contributed by atoms with E-state index in [1.807, 2.05) is 32.9 Å². The van der Waals surface area contributed by atoms with Crippen LogP contribution in [-0.4, -0.2) is 32.5 Å². The smallest absolute Gasteiger partial charge is 0.178 e. The summed E-state index contributed by atoms with van der Waals surface area (Å²) in [6, 6.07) is 0. The van der Waals surface area contributed by atoms with Crippen LogP contribution < -0.4 is 0 Å². The van der Waals surface area contributed by atoms with Gasteiger partial charge in [-0.1, -0.05) is 39.0 Å². The molecule has 4 aliphatic rings. The third-order valence-electron chi connectivity index (χ3n) is 8.28. The molecule has 27 heavy (non-hydrogen) atoms. The fourth-order valence-corrected chi connectivity index (χ4v) is 7.86. The van der Waals surface area contributed by atoms with E-state index in [4.69, 9.17) is 23.2 Å². The summed E-state index contributed by atoms with van der Waals surface area (Å²) in [5.74, 6) is -0.459. The lowest BCUT2D eigenvalue weighted by atomic mass is 9.48. The van der Waals surface area contributed by atoms with Crippen LogP contribution in [0.25, 0.3) is 0 Å². The van der Waals surface area contributed by atoms with E-state index in [1.165, 1.54) is 6.92 Å². The van der Waals surface area contributed by atoms with Crippen molar-refractivity contribution in [1.82, 2.24) is 0 Å². The summed E-state index contributed by atoms with van der Waals surface area (Å²) in [5.41, 5.74) is -1.73. The number of halogens is 2. The van der Waals surface area contributed by atoms with Crippen molar-refractivity contribution in [3.8, 4) is 0 Å². The largest absolute Gasteiger partial charge is 0.381 e. The summed E-state index contributed by atoms with van der Waals surface area (Å²) >= 11 is 14.4. The van der Waals surface area contributed by atoms with Gasteiger partial charge in [0, 0.05) is 16.7 Å². The second kappa shape index (κ2) is 5.58. The molecular weight excluding hydrogens is 383 g/mol. The Balaban J connectivity index is 1.90. The summed E-state index contributed by atoms with van der Waals surface area (Å²) < 4.78 is 0. The lowest BCUT2D eigenvalue weighted by molar-refractivity contribution is -0.160. The van der Waals surface area contributed by atoms with Crippen molar-refractivity contribution in [3.63, 3.8) is 0 Å². The molecule has 1 N–H and O–H groups in total. The van der Waals surface area contributed by atoms with E-state index in [0.29, 0.717) is 6.42 Å². The summed E-state index contributed by atoms with van der Waals surface area (Å²) in [7, 11) is 0. The number of carbonyl (C=O) groups excluding carboxylic acids is 2. The molecule has 0 aliphatic heterocycles. The van der Waals surface area contributed by atoms with E-state index in [-0.39, 0.29) is 29.3 Å². The normalized spacial score (nSPS) is 53.4. The number of alkyl halides is 2. The van der Waals surface area contributed by atoms with Gasteiger partial charge in [-0.05, 0) is 49.3 Å². The molecule has 0 aromatic rings. The van der Waals surface area contributed by atoms with Crippen LogP contribution in [0, 0.1) is 28.6 Å². The first kappa shape index (κ1) is 19.4. The molecule has 0 aromatic heterocycles. The molecule has 4 rings (SSSR count). The van der Waals surface area contributed by atoms with Crippen LogP contribution in [0.1, 0.15) is 40.5 Å². The average molecular weight is 409 g/mol. The minimum absolute atomic E-state index is 0.0366. The van der Waals surface area contributed by atoms with E-state index < -0.39 is 26.7 Å². The zero-order valence-electron chi connectivity index (χ0n) is 16.1. The zero-order valence-corrected chi connectivity index (χ0v) is 17.6. The number of ketones is 2. The van der Waals surface area contributed by atoms with E-state index in [1.54, 1.807) is 12.2 Å². The Morgan fingerprint density at radius 2 is 1.96 bits per heavy atom. The topological polar surface area (TPSA) is 54.4 Å². The summed E-state index contributed by atoms with van der Waals surface area (Å²) in [6.45, 7) is 7.46. The van der Waals surface area contributed by atoms with Crippen molar-refractivity contribution in [2.45, 2.75) is 56.4 Å². The molecular formula is C22H26Cl2O3. The highest BCUT2D eigenvalue weighted by Crippen LogP contribution is 2.71. The van der Waals surface area contributed by atoms with Gasteiger partial charge in [0.25, 0.3) is 0 Å². The van der Waals surface area contributed by atoms with Crippen molar-refractivity contribution in [3.05, 3.63) is 36.0 Å². The third-order valence-corrected chi connectivity index (χ3v) is 9.80. The Morgan fingerprint density at radius 3 is 2.59 bits per heavy atom. The molecule has 0 unspecified atom stereocenters. The van der Waals surface area contributed by atoms with Crippen molar-refractivity contribution >= 4 is 34.8 Å². The van der Waals surface area contributed by atoms with E-state index in [0.717, 1.165) is 12.0 Å². The van der Waals surface area contributed by atoms with Crippen molar-refractivity contribution in [1.29, 1.82) is 0 Å². The highest BCUT2D eigenvalue weighted by molar-refractivity contribution is 6.34. The number of rotatable bonds is 1. The summed E-state index contributed by atoms with van der Waals surface area (Å²) in [6.07, 6.45) is 10.3. The Labute approximate surface area is 170 Å².